The van der Waals surface area contributed by atoms with Crippen molar-refractivity contribution in [2.75, 3.05) is 32.1 Å². The number of likely N-dealkylation sites (N-methyl/N-ethyl adjacent to an activating group) is 1. The highest BCUT2D eigenvalue weighted by molar-refractivity contribution is 7.89. The number of carbonyl (C=O) groups excluding carboxylic acids is 2. The summed E-state index contributed by atoms with van der Waals surface area (Å²) in [5, 5.41) is 12.7. The van der Waals surface area contributed by atoms with Crippen molar-refractivity contribution in [3.63, 3.8) is 0 Å². The number of pyridine rings is 1. The zero-order valence-corrected chi connectivity index (χ0v) is 22.8. The van der Waals surface area contributed by atoms with Crippen LogP contribution in [-0.4, -0.2) is 78.4 Å². The molecule has 3 atom stereocenters. The maximum atomic E-state index is 13.6. The number of sulfonamides is 1. The van der Waals surface area contributed by atoms with Crippen LogP contribution in [-0.2, 0) is 10.0 Å². The van der Waals surface area contributed by atoms with Gasteiger partial charge in [-0.2, -0.15) is 4.31 Å². The zero-order chi connectivity index (χ0) is 28.2. The summed E-state index contributed by atoms with van der Waals surface area (Å²) in [6, 6.07) is 15.6. The Morgan fingerprint density at radius 2 is 1.87 bits per heavy atom. The van der Waals surface area contributed by atoms with Crippen LogP contribution in [0.3, 0.4) is 0 Å². The van der Waals surface area contributed by atoms with Crippen LogP contribution >= 0.6 is 0 Å². The average molecular weight is 553 g/mol. The molecule has 2 amide bonds. The zero-order valence-electron chi connectivity index (χ0n) is 22.0. The van der Waals surface area contributed by atoms with Gasteiger partial charge in [0.05, 0.1) is 29.7 Å². The Morgan fingerprint density at radius 1 is 1.18 bits per heavy atom. The minimum absolute atomic E-state index is 0.0356. The van der Waals surface area contributed by atoms with Gasteiger partial charge in [-0.05, 0) is 49.4 Å². The molecule has 2 aromatic carbocycles. The first-order valence-corrected chi connectivity index (χ1v) is 14.0. The van der Waals surface area contributed by atoms with E-state index in [1.165, 1.54) is 41.9 Å². The molecular weight excluding hydrogens is 520 g/mol. The molecule has 11 heteroatoms. The number of carbonyl (C=O) groups is 2. The number of nitrogens with one attached hydrogen (secondary N) is 1. The lowest BCUT2D eigenvalue weighted by Crippen LogP contribution is -2.50. The minimum atomic E-state index is -3.77. The quantitative estimate of drug-likeness (QED) is 0.440. The Bertz CT molecular complexity index is 1420. The smallest absolute Gasteiger partial charge is 0.258 e. The molecule has 1 aromatic heterocycles. The molecule has 0 aliphatic carbocycles. The van der Waals surface area contributed by atoms with E-state index in [9.17, 15) is 23.1 Å². The Balaban J connectivity index is 1.65. The van der Waals surface area contributed by atoms with Crippen LogP contribution in [0.25, 0.3) is 0 Å². The molecule has 206 valence electrons. The van der Waals surface area contributed by atoms with Gasteiger partial charge in [-0.25, -0.2) is 8.42 Å². The molecule has 39 heavy (non-hydrogen) atoms. The molecule has 0 saturated carbocycles. The third-order valence-corrected chi connectivity index (χ3v) is 8.59. The number of hydrogen-bond donors (Lipinski definition) is 2. The summed E-state index contributed by atoms with van der Waals surface area (Å²) < 4.78 is 33.9. The van der Waals surface area contributed by atoms with E-state index >= 15 is 0 Å². The number of aromatic nitrogens is 1. The van der Waals surface area contributed by atoms with Gasteiger partial charge >= 0.3 is 0 Å². The molecule has 0 radical (unpaired) electrons. The van der Waals surface area contributed by atoms with Gasteiger partial charge in [0.2, 0.25) is 10.0 Å². The summed E-state index contributed by atoms with van der Waals surface area (Å²) >= 11 is 0. The third-order valence-electron chi connectivity index (χ3n) is 6.75. The van der Waals surface area contributed by atoms with Gasteiger partial charge in [0.1, 0.15) is 11.9 Å². The van der Waals surface area contributed by atoms with E-state index in [0.717, 1.165) is 0 Å². The maximum Gasteiger partial charge on any atom is 0.258 e. The van der Waals surface area contributed by atoms with Crippen molar-refractivity contribution >= 4 is 27.5 Å². The second kappa shape index (κ2) is 11.9. The van der Waals surface area contributed by atoms with E-state index in [2.05, 4.69) is 10.3 Å². The van der Waals surface area contributed by atoms with E-state index in [-0.39, 0.29) is 53.6 Å². The van der Waals surface area contributed by atoms with Crippen molar-refractivity contribution in [1.82, 2.24) is 14.2 Å². The van der Waals surface area contributed by atoms with Gasteiger partial charge < -0.3 is 20.1 Å². The van der Waals surface area contributed by atoms with Crippen molar-refractivity contribution in [3.05, 3.63) is 84.2 Å². The van der Waals surface area contributed by atoms with E-state index in [1.54, 1.807) is 54.3 Å². The molecule has 10 nitrogen and oxygen atoms in total. The van der Waals surface area contributed by atoms with Gasteiger partial charge in [0.15, 0.2) is 0 Å². The van der Waals surface area contributed by atoms with Gasteiger partial charge in [-0.1, -0.05) is 25.1 Å². The fraction of sp³-hybridized carbons (Fsp3) is 0.321. The Kier molecular flexibility index (Phi) is 8.63. The van der Waals surface area contributed by atoms with E-state index in [0.29, 0.717) is 11.3 Å². The van der Waals surface area contributed by atoms with Crippen LogP contribution in [0.5, 0.6) is 5.75 Å². The molecule has 1 aliphatic heterocycles. The van der Waals surface area contributed by atoms with Crippen molar-refractivity contribution in [3.8, 4) is 5.75 Å². The van der Waals surface area contributed by atoms with Crippen molar-refractivity contribution < 1.29 is 27.9 Å². The number of amides is 2. The standard InChI is InChI=1S/C28H32N4O6S/c1-19-16-32(20(2)18-33)28(35)24-15-22(30-27(34)21-11-13-29-14-12-21)9-10-25(24)38-26(19)17-31(3)39(36,37)23-7-5-4-6-8-23/h4-15,19-20,26,33H,16-18H2,1-3H3,(H,30,34)/t19-,20+,26+/m1/s1. The molecule has 1 aliphatic rings. The van der Waals surface area contributed by atoms with Gasteiger partial charge in [-0.3, -0.25) is 14.6 Å². The van der Waals surface area contributed by atoms with Crippen LogP contribution in [0, 0.1) is 5.92 Å². The van der Waals surface area contributed by atoms with Gasteiger partial charge in [0, 0.05) is 43.2 Å². The number of rotatable bonds is 8. The first-order chi connectivity index (χ1) is 18.6. The predicted octanol–water partition coefficient (Wildman–Crippen LogP) is 2.87. The minimum Gasteiger partial charge on any atom is -0.488 e. The predicted molar refractivity (Wildman–Crippen MR) is 146 cm³/mol. The number of hydrogen-bond acceptors (Lipinski definition) is 7. The SMILES string of the molecule is C[C@@H]1CN([C@@H](C)CO)C(=O)c2cc(NC(=O)c3ccncc3)ccc2O[C@H]1CN(C)S(=O)(=O)c1ccccc1. The van der Waals surface area contributed by atoms with Crippen LogP contribution in [0.1, 0.15) is 34.6 Å². The lowest BCUT2D eigenvalue weighted by molar-refractivity contribution is 0.0387. The van der Waals surface area contributed by atoms with Crippen molar-refractivity contribution in [1.29, 1.82) is 0 Å². The second-order valence-corrected chi connectivity index (χ2v) is 11.7. The Morgan fingerprint density at radius 3 is 2.54 bits per heavy atom. The fourth-order valence-electron chi connectivity index (χ4n) is 4.35. The lowest BCUT2D eigenvalue weighted by atomic mass is 9.99. The third kappa shape index (κ3) is 6.27. The lowest BCUT2D eigenvalue weighted by Gasteiger charge is -2.38. The number of aliphatic hydroxyl groups is 1. The molecule has 2 heterocycles. The highest BCUT2D eigenvalue weighted by atomic mass is 32.2. The summed E-state index contributed by atoms with van der Waals surface area (Å²) in [7, 11) is -2.28. The van der Waals surface area contributed by atoms with Crippen molar-refractivity contribution in [2.45, 2.75) is 30.9 Å². The average Bonchev–Trinajstić information content (AvgIpc) is 2.95. The number of ether oxygens (including phenoxy) is 1. The summed E-state index contributed by atoms with van der Waals surface area (Å²) in [6.07, 6.45) is 2.42. The topological polar surface area (TPSA) is 129 Å². The number of fused-ring (bicyclic) bond motifs is 1. The van der Waals surface area contributed by atoms with E-state index in [1.807, 2.05) is 6.92 Å². The highest BCUT2D eigenvalue weighted by Gasteiger charge is 2.35. The van der Waals surface area contributed by atoms with Gasteiger partial charge in [0.25, 0.3) is 11.8 Å². The normalized spacial score (nSPS) is 18.5. The molecule has 0 bridgehead atoms. The number of aliphatic hydroxyl groups excluding tert-OH is 1. The molecule has 0 spiro atoms. The fourth-order valence-corrected chi connectivity index (χ4v) is 5.55. The van der Waals surface area contributed by atoms with Crippen molar-refractivity contribution in [2.24, 2.45) is 5.92 Å². The highest BCUT2D eigenvalue weighted by Crippen LogP contribution is 2.31. The molecular formula is C28H32N4O6S. The number of benzene rings is 2. The molecule has 3 aromatic rings. The molecule has 0 saturated heterocycles. The summed E-state index contributed by atoms with van der Waals surface area (Å²) in [6.45, 7) is 3.64. The van der Waals surface area contributed by atoms with Gasteiger partial charge in [-0.15, -0.1) is 0 Å². The monoisotopic (exact) mass is 552 g/mol. The summed E-state index contributed by atoms with van der Waals surface area (Å²) in [5.74, 6) is -0.729. The second-order valence-electron chi connectivity index (χ2n) is 9.62. The maximum absolute atomic E-state index is 13.6. The number of anilines is 1. The van der Waals surface area contributed by atoms with Crippen LogP contribution in [0.15, 0.2) is 78.0 Å². The molecule has 4 rings (SSSR count). The van der Waals surface area contributed by atoms with E-state index < -0.39 is 22.2 Å². The molecule has 0 fully saturated rings. The Hall–Kier alpha value is -3.80. The Labute approximate surface area is 228 Å². The number of nitrogens with zero attached hydrogens (tertiary/aromatic N) is 3. The first kappa shape index (κ1) is 28.2. The molecule has 0 unspecified atom stereocenters. The largest absolute Gasteiger partial charge is 0.488 e. The summed E-state index contributed by atoms with van der Waals surface area (Å²) in [4.78, 5) is 31.9. The van der Waals surface area contributed by atoms with Crippen LogP contribution in [0.4, 0.5) is 5.69 Å². The molecule has 2 N–H and O–H groups in total. The van der Waals surface area contributed by atoms with Crippen LogP contribution in [0.2, 0.25) is 0 Å². The van der Waals surface area contributed by atoms with E-state index in [4.69, 9.17) is 4.74 Å². The summed E-state index contributed by atoms with van der Waals surface area (Å²) in [5.41, 5.74) is 0.998. The van der Waals surface area contributed by atoms with Crippen LogP contribution < -0.4 is 10.1 Å². The first-order valence-electron chi connectivity index (χ1n) is 12.6.